The second kappa shape index (κ2) is 10.3. The molecule has 1 atom stereocenters. The summed E-state index contributed by atoms with van der Waals surface area (Å²) in [5.41, 5.74) is 9.28. The van der Waals surface area contributed by atoms with Crippen LogP contribution >= 0.6 is 0 Å². The Kier molecular flexibility index (Phi) is 7.07. The van der Waals surface area contributed by atoms with Crippen LogP contribution in [0.4, 0.5) is 5.82 Å². The summed E-state index contributed by atoms with van der Waals surface area (Å²) in [5, 5.41) is 24.1. The van der Waals surface area contributed by atoms with Gasteiger partial charge in [0, 0.05) is 19.2 Å². The summed E-state index contributed by atoms with van der Waals surface area (Å²) >= 11 is 0. The molecule has 0 unspecified atom stereocenters. The van der Waals surface area contributed by atoms with Gasteiger partial charge in [0.15, 0.2) is 5.82 Å². The average Bonchev–Trinajstić information content (AvgIpc) is 3.24. The number of nitrogens with zero attached hydrogens (tertiary/aromatic N) is 4. The molecule has 2 heterocycles. The Balaban J connectivity index is 1.28. The molecule has 2 aromatic carbocycles. The number of aryl methyl sites for hydroxylation is 1. The van der Waals surface area contributed by atoms with Gasteiger partial charge in [-0.2, -0.15) is 0 Å². The van der Waals surface area contributed by atoms with E-state index in [1.54, 1.807) is 31.4 Å². The van der Waals surface area contributed by atoms with Gasteiger partial charge in [-0.25, -0.2) is 4.98 Å². The number of ether oxygens (including phenoxy) is 1. The molecule has 0 fully saturated rings. The Hall–Kier alpha value is -3.92. The number of unbranched alkanes of at least 4 members (excludes halogenated alkanes) is 1. The maximum absolute atomic E-state index is 12.3. The largest absolute Gasteiger partial charge is 0.508 e. The van der Waals surface area contributed by atoms with Crippen LogP contribution in [-0.2, 0) is 11.2 Å². The van der Waals surface area contributed by atoms with Gasteiger partial charge < -0.3 is 26.2 Å². The van der Waals surface area contributed by atoms with Crippen LogP contribution in [0.5, 0.6) is 11.5 Å². The van der Waals surface area contributed by atoms with Crippen LogP contribution in [0.2, 0.25) is 0 Å². The minimum absolute atomic E-state index is 0.188. The first kappa shape index (κ1) is 23.2. The molecule has 4 rings (SSSR count). The van der Waals surface area contributed by atoms with Crippen molar-refractivity contribution in [3.8, 4) is 11.5 Å². The standard InChI is InChI=1S/C24H29N7O3/c1-15-29-30-23-22(28-20-14-18(34-2)9-10-21(20)31(15)23)26-11-3-4-12-27-24(33)19(25)13-16-5-7-17(32)8-6-16/h5-10,14,19,32H,3-4,11-13,25H2,1-2H3,(H,26,28)(H,27,33)/t19-/m0/s1. The lowest BCUT2D eigenvalue weighted by Gasteiger charge is -2.13. The molecule has 1 amide bonds. The number of benzene rings is 2. The van der Waals surface area contributed by atoms with E-state index in [1.807, 2.05) is 29.5 Å². The van der Waals surface area contributed by atoms with Crippen molar-refractivity contribution in [2.45, 2.75) is 32.2 Å². The van der Waals surface area contributed by atoms with E-state index in [0.717, 1.165) is 41.0 Å². The highest BCUT2D eigenvalue weighted by Gasteiger charge is 2.15. The molecule has 0 bridgehead atoms. The van der Waals surface area contributed by atoms with E-state index >= 15 is 0 Å². The number of aromatic nitrogens is 4. The highest BCUT2D eigenvalue weighted by molar-refractivity contribution is 5.84. The van der Waals surface area contributed by atoms with E-state index in [0.29, 0.717) is 31.0 Å². The van der Waals surface area contributed by atoms with Gasteiger partial charge in [-0.05, 0) is 56.0 Å². The molecule has 0 radical (unpaired) electrons. The van der Waals surface area contributed by atoms with Crippen molar-refractivity contribution in [2.24, 2.45) is 5.73 Å². The molecule has 34 heavy (non-hydrogen) atoms. The number of nitrogens with two attached hydrogens (primary N) is 1. The number of rotatable bonds is 10. The Morgan fingerprint density at radius 3 is 2.68 bits per heavy atom. The number of aromatic hydroxyl groups is 1. The van der Waals surface area contributed by atoms with E-state index in [1.165, 1.54) is 0 Å². The van der Waals surface area contributed by atoms with E-state index in [2.05, 4.69) is 20.8 Å². The molecular formula is C24H29N7O3. The van der Waals surface area contributed by atoms with Crippen LogP contribution < -0.4 is 21.1 Å². The fourth-order valence-electron chi connectivity index (χ4n) is 3.78. The number of carbonyl (C=O) groups is 1. The fraction of sp³-hybridized carbons (Fsp3) is 0.333. The average molecular weight is 464 g/mol. The van der Waals surface area contributed by atoms with Crippen LogP contribution in [0.15, 0.2) is 42.5 Å². The van der Waals surface area contributed by atoms with Crippen molar-refractivity contribution < 1.29 is 14.6 Å². The molecule has 0 aliphatic rings. The Bertz CT molecular complexity index is 1290. The molecule has 0 aliphatic heterocycles. The zero-order valence-corrected chi connectivity index (χ0v) is 19.3. The second-order valence-corrected chi connectivity index (χ2v) is 8.12. The number of hydrogen-bond donors (Lipinski definition) is 4. The molecule has 178 valence electrons. The number of phenols is 1. The lowest BCUT2D eigenvalue weighted by Crippen LogP contribution is -2.42. The van der Waals surface area contributed by atoms with Gasteiger partial charge in [0.25, 0.3) is 0 Å². The van der Waals surface area contributed by atoms with Gasteiger partial charge >= 0.3 is 0 Å². The highest BCUT2D eigenvalue weighted by atomic mass is 16.5. The van der Waals surface area contributed by atoms with Gasteiger partial charge in [-0.3, -0.25) is 9.20 Å². The number of fused-ring (bicyclic) bond motifs is 3. The van der Waals surface area contributed by atoms with Gasteiger partial charge in [0.05, 0.1) is 24.2 Å². The smallest absolute Gasteiger partial charge is 0.237 e. The number of carbonyl (C=O) groups excluding carboxylic acids is 1. The maximum Gasteiger partial charge on any atom is 0.237 e. The summed E-state index contributed by atoms with van der Waals surface area (Å²) in [6, 6.07) is 11.8. The van der Waals surface area contributed by atoms with E-state index in [-0.39, 0.29) is 11.7 Å². The lowest BCUT2D eigenvalue weighted by atomic mass is 10.1. The van der Waals surface area contributed by atoms with Crippen LogP contribution in [0.25, 0.3) is 16.7 Å². The molecule has 2 aromatic heterocycles. The second-order valence-electron chi connectivity index (χ2n) is 8.12. The van der Waals surface area contributed by atoms with Crippen molar-refractivity contribution in [3.05, 3.63) is 53.9 Å². The molecule has 10 heteroatoms. The summed E-state index contributed by atoms with van der Waals surface area (Å²) in [4.78, 5) is 17.0. The first-order chi connectivity index (χ1) is 16.5. The zero-order chi connectivity index (χ0) is 24.1. The van der Waals surface area contributed by atoms with Crippen molar-refractivity contribution in [1.82, 2.24) is 24.9 Å². The third-order valence-electron chi connectivity index (χ3n) is 5.62. The molecule has 0 aliphatic carbocycles. The predicted octanol–water partition coefficient (Wildman–Crippen LogP) is 2.18. The Morgan fingerprint density at radius 2 is 1.91 bits per heavy atom. The topological polar surface area (TPSA) is 140 Å². The van der Waals surface area contributed by atoms with Crippen LogP contribution in [-0.4, -0.2) is 56.8 Å². The Morgan fingerprint density at radius 1 is 1.15 bits per heavy atom. The van der Waals surface area contributed by atoms with Gasteiger partial charge in [0.2, 0.25) is 11.6 Å². The SMILES string of the molecule is COc1ccc2c(c1)nc(NCCCCNC(=O)[C@@H](N)Cc1ccc(O)cc1)c1nnc(C)n12. The minimum Gasteiger partial charge on any atom is -0.508 e. The Labute approximate surface area is 197 Å². The highest BCUT2D eigenvalue weighted by Crippen LogP contribution is 2.25. The van der Waals surface area contributed by atoms with Crippen molar-refractivity contribution in [2.75, 3.05) is 25.5 Å². The summed E-state index contributed by atoms with van der Waals surface area (Å²) < 4.78 is 7.30. The quantitative estimate of drug-likeness (QED) is 0.262. The van der Waals surface area contributed by atoms with Gasteiger partial charge in [0.1, 0.15) is 17.3 Å². The van der Waals surface area contributed by atoms with Gasteiger partial charge in [-0.1, -0.05) is 12.1 Å². The van der Waals surface area contributed by atoms with Crippen molar-refractivity contribution in [3.63, 3.8) is 0 Å². The lowest BCUT2D eigenvalue weighted by molar-refractivity contribution is -0.122. The number of nitrogens with one attached hydrogen (secondary N) is 2. The number of amides is 1. The summed E-state index contributed by atoms with van der Waals surface area (Å²) in [5.74, 6) is 2.17. The van der Waals surface area contributed by atoms with Crippen LogP contribution in [0.1, 0.15) is 24.2 Å². The first-order valence-electron chi connectivity index (χ1n) is 11.2. The number of hydrogen-bond acceptors (Lipinski definition) is 8. The summed E-state index contributed by atoms with van der Waals surface area (Å²) in [6.07, 6.45) is 2.03. The number of anilines is 1. The molecule has 0 saturated heterocycles. The van der Waals surface area contributed by atoms with Gasteiger partial charge in [-0.15, -0.1) is 10.2 Å². The first-order valence-corrected chi connectivity index (χ1v) is 11.2. The third kappa shape index (κ3) is 5.18. The van der Waals surface area contributed by atoms with Crippen molar-refractivity contribution in [1.29, 1.82) is 0 Å². The molecule has 5 N–H and O–H groups in total. The molecule has 10 nitrogen and oxygen atoms in total. The zero-order valence-electron chi connectivity index (χ0n) is 19.3. The monoisotopic (exact) mass is 463 g/mol. The summed E-state index contributed by atoms with van der Waals surface area (Å²) in [7, 11) is 1.63. The maximum atomic E-state index is 12.3. The minimum atomic E-state index is -0.633. The fourth-order valence-corrected chi connectivity index (χ4v) is 3.78. The summed E-state index contributed by atoms with van der Waals surface area (Å²) in [6.45, 7) is 3.10. The van der Waals surface area contributed by atoms with Crippen LogP contribution in [0.3, 0.4) is 0 Å². The molecular weight excluding hydrogens is 434 g/mol. The molecule has 0 spiro atoms. The van der Waals surface area contributed by atoms with Crippen molar-refractivity contribution >= 4 is 28.4 Å². The van der Waals surface area contributed by atoms with E-state index in [4.69, 9.17) is 15.5 Å². The molecule has 4 aromatic rings. The normalized spacial score (nSPS) is 12.1. The van der Waals surface area contributed by atoms with Crippen LogP contribution in [0, 0.1) is 6.92 Å². The van der Waals surface area contributed by atoms with E-state index in [9.17, 15) is 9.90 Å². The number of phenolic OH excluding ortho intramolecular Hbond substituents is 1. The number of methoxy groups -OCH3 is 1. The molecule has 0 saturated carbocycles. The van der Waals surface area contributed by atoms with E-state index < -0.39 is 6.04 Å². The third-order valence-corrected chi connectivity index (χ3v) is 5.62. The predicted molar refractivity (Wildman–Crippen MR) is 130 cm³/mol.